The van der Waals surface area contributed by atoms with Gasteiger partial charge >= 0.3 is 29.8 Å². The van der Waals surface area contributed by atoms with E-state index in [9.17, 15) is 28.0 Å². The van der Waals surface area contributed by atoms with Gasteiger partial charge in [0.1, 0.15) is 6.54 Å². The smallest absolute Gasteiger partial charge is 0.352 e. The second kappa shape index (κ2) is 8.63. The number of hydrogen-bond acceptors (Lipinski definition) is 5. The zero-order valence-electron chi connectivity index (χ0n) is 15.0. The summed E-state index contributed by atoms with van der Waals surface area (Å²) in [5, 5.41) is 13.2. The fourth-order valence-electron chi connectivity index (χ4n) is 2.60. The SMILES string of the molecule is CCOC(=O)CN1C(=O)C(F)(F)c2cc(NC(=O)NCCCC(=O)O)ccc21. The number of hydrogen-bond donors (Lipinski definition) is 3. The molecule has 1 heterocycles. The highest BCUT2D eigenvalue weighted by molar-refractivity contribution is 6.08. The lowest BCUT2D eigenvalue weighted by Crippen LogP contribution is -2.38. The number of halogens is 2. The van der Waals surface area contributed by atoms with Crippen LogP contribution in [0.1, 0.15) is 25.3 Å². The molecule has 0 spiro atoms. The number of anilines is 2. The van der Waals surface area contributed by atoms with E-state index in [1.807, 2.05) is 0 Å². The van der Waals surface area contributed by atoms with Crippen LogP contribution in [0.4, 0.5) is 25.0 Å². The summed E-state index contributed by atoms with van der Waals surface area (Å²) in [5.74, 6) is -7.22. The molecule has 0 saturated carbocycles. The quantitative estimate of drug-likeness (QED) is 0.451. The van der Waals surface area contributed by atoms with E-state index in [2.05, 4.69) is 10.6 Å². The van der Waals surface area contributed by atoms with E-state index in [-0.39, 0.29) is 37.4 Å². The van der Waals surface area contributed by atoms with Gasteiger partial charge in [-0.2, -0.15) is 8.78 Å². The maximum atomic E-state index is 14.3. The predicted molar refractivity (Wildman–Crippen MR) is 93.2 cm³/mol. The number of benzene rings is 1. The Bertz CT molecular complexity index is 799. The summed E-state index contributed by atoms with van der Waals surface area (Å²) in [6.45, 7) is 1.04. The normalized spacial score (nSPS) is 14.4. The summed E-state index contributed by atoms with van der Waals surface area (Å²) in [6.07, 6.45) is 0.0894. The van der Waals surface area contributed by atoms with Gasteiger partial charge in [0.15, 0.2) is 0 Å². The Hall–Kier alpha value is -3.24. The molecule has 1 aromatic carbocycles. The predicted octanol–water partition coefficient (Wildman–Crippen LogP) is 1.67. The molecule has 0 saturated heterocycles. The number of alkyl halides is 2. The first-order chi connectivity index (χ1) is 13.2. The number of carboxylic acid groups (broad SMARTS) is 1. The molecule has 1 aliphatic heterocycles. The van der Waals surface area contributed by atoms with Gasteiger partial charge in [0.05, 0.1) is 17.9 Å². The first-order valence-electron chi connectivity index (χ1n) is 8.43. The molecule has 28 heavy (non-hydrogen) atoms. The third-order valence-electron chi connectivity index (χ3n) is 3.84. The van der Waals surface area contributed by atoms with Gasteiger partial charge in [-0.05, 0) is 31.5 Å². The Balaban J connectivity index is 2.09. The fraction of sp³-hybridized carbons (Fsp3) is 0.412. The van der Waals surface area contributed by atoms with Crippen molar-refractivity contribution in [1.82, 2.24) is 5.32 Å². The molecule has 9 nitrogen and oxygen atoms in total. The minimum absolute atomic E-state index is 0.0138. The molecular formula is C17H19F2N3O6. The summed E-state index contributed by atoms with van der Waals surface area (Å²) >= 11 is 0. The van der Waals surface area contributed by atoms with Crippen LogP contribution in [0.3, 0.4) is 0 Å². The van der Waals surface area contributed by atoms with E-state index in [0.29, 0.717) is 4.90 Å². The average molecular weight is 399 g/mol. The van der Waals surface area contributed by atoms with Crippen molar-refractivity contribution in [2.75, 3.05) is 29.9 Å². The summed E-state index contributed by atoms with van der Waals surface area (Å²) in [6, 6.07) is 2.76. The highest BCUT2D eigenvalue weighted by Gasteiger charge is 2.53. The van der Waals surface area contributed by atoms with Gasteiger partial charge in [0, 0.05) is 18.7 Å². The third kappa shape index (κ3) is 4.72. The van der Waals surface area contributed by atoms with Crippen molar-refractivity contribution in [3.8, 4) is 0 Å². The number of ether oxygens (including phenoxy) is 1. The number of carbonyl (C=O) groups is 4. The third-order valence-corrected chi connectivity index (χ3v) is 3.84. The Morgan fingerprint density at radius 2 is 2.00 bits per heavy atom. The van der Waals surface area contributed by atoms with Crippen molar-refractivity contribution in [3.05, 3.63) is 23.8 Å². The number of fused-ring (bicyclic) bond motifs is 1. The number of carbonyl (C=O) groups excluding carboxylic acids is 3. The zero-order valence-corrected chi connectivity index (χ0v) is 15.0. The molecule has 1 aromatic rings. The first-order valence-corrected chi connectivity index (χ1v) is 8.43. The van der Waals surface area contributed by atoms with Crippen LogP contribution >= 0.6 is 0 Å². The van der Waals surface area contributed by atoms with E-state index < -0.39 is 41.9 Å². The molecule has 3 amide bonds. The van der Waals surface area contributed by atoms with Crippen LogP contribution in [-0.4, -0.2) is 48.7 Å². The number of aliphatic carboxylic acids is 1. The van der Waals surface area contributed by atoms with Crippen molar-refractivity contribution in [2.45, 2.75) is 25.7 Å². The number of nitrogens with zero attached hydrogens (tertiary/aromatic N) is 1. The van der Waals surface area contributed by atoms with E-state index in [1.165, 1.54) is 12.1 Å². The van der Waals surface area contributed by atoms with E-state index in [0.717, 1.165) is 6.07 Å². The van der Waals surface area contributed by atoms with Crippen molar-refractivity contribution >= 4 is 35.3 Å². The molecule has 0 unspecified atom stereocenters. The van der Waals surface area contributed by atoms with Gasteiger partial charge in [-0.1, -0.05) is 0 Å². The van der Waals surface area contributed by atoms with Crippen LogP contribution in [0.2, 0.25) is 0 Å². The lowest BCUT2D eigenvalue weighted by Gasteiger charge is -2.16. The summed E-state index contributed by atoms with van der Waals surface area (Å²) in [7, 11) is 0. The van der Waals surface area contributed by atoms with Crippen LogP contribution < -0.4 is 15.5 Å². The summed E-state index contributed by atoms with van der Waals surface area (Å²) in [4.78, 5) is 46.4. The van der Waals surface area contributed by atoms with E-state index in [1.54, 1.807) is 6.92 Å². The van der Waals surface area contributed by atoms with Crippen LogP contribution in [0.25, 0.3) is 0 Å². The fourth-order valence-corrected chi connectivity index (χ4v) is 2.60. The molecule has 0 radical (unpaired) electrons. The highest BCUT2D eigenvalue weighted by atomic mass is 19.3. The zero-order chi connectivity index (χ0) is 20.9. The topological polar surface area (TPSA) is 125 Å². The number of esters is 1. The van der Waals surface area contributed by atoms with Crippen LogP contribution in [0, 0.1) is 0 Å². The average Bonchev–Trinajstić information content (AvgIpc) is 2.80. The molecule has 3 N–H and O–H groups in total. The largest absolute Gasteiger partial charge is 0.481 e. The van der Waals surface area contributed by atoms with Gasteiger partial charge in [-0.15, -0.1) is 0 Å². The van der Waals surface area contributed by atoms with Crippen LogP contribution in [0.15, 0.2) is 18.2 Å². The van der Waals surface area contributed by atoms with Crippen molar-refractivity contribution in [1.29, 1.82) is 0 Å². The van der Waals surface area contributed by atoms with Gasteiger partial charge in [-0.3, -0.25) is 19.3 Å². The van der Waals surface area contributed by atoms with Crippen LogP contribution in [0.5, 0.6) is 0 Å². The maximum Gasteiger partial charge on any atom is 0.352 e. The van der Waals surface area contributed by atoms with E-state index in [4.69, 9.17) is 9.84 Å². The molecule has 0 bridgehead atoms. The molecule has 11 heteroatoms. The minimum atomic E-state index is -3.85. The van der Waals surface area contributed by atoms with Crippen LogP contribution in [-0.2, 0) is 25.0 Å². The Morgan fingerprint density at radius 3 is 2.64 bits per heavy atom. The lowest BCUT2D eigenvalue weighted by molar-refractivity contribution is -0.146. The number of rotatable bonds is 8. The van der Waals surface area contributed by atoms with Crippen molar-refractivity contribution < 1.29 is 37.8 Å². The molecule has 0 fully saturated rings. The first kappa shape index (κ1) is 21.1. The van der Waals surface area contributed by atoms with Gasteiger partial charge < -0.3 is 20.5 Å². The molecule has 2 rings (SSSR count). The lowest BCUT2D eigenvalue weighted by atomic mass is 10.1. The van der Waals surface area contributed by atoms with Gasteiger partial charge in [-0.25, -0.2) is 4.79 Å². The van der Waals surface area contributed by atoms with E-state index >= 15 is 0 Å². The van der Waals surface area contributed by atoms with Crippen molar-refractivity contribution in [2.24, 2.45) is 0 Å². The second-order valence-electron chi connectivity index (χ2n) is 5.88. The van der Waals surface area contributed by atoms with Gasteiger partial charge in [0.25, 0.3) is 0 Å². The Kier molecular flexibility index (Phi) is 6.49. The molecule has 0 aromatic heterocycles. The van der Waals surface area contributed by atoms with Gasteiger partial charge in [0.2, 0.25) is 0 Å². The monoisotopic (exact) mass is 399 g/mol. The number of nitrogens with one attached hydrogen (secondary N) is 2. The molecule has 0 aliphatic carbocycles. The molecular weight excluding hydrogens is 380 g/mol. The standard InChI is InChI=1S/C17H19F2N3O6/c1-2-28-14(25)9-22-12-6-5-10(8-11(12)17(18,19)15(22)26)21-16(27)20-7-3-4-13(23)24/h5-6,8H,2-4,7,9H2,1H3,(H,23,24)(H2,20,21,27). The number of urea groups is 1. The molecule has 1 aliphatic rings. The summed E-state index contributed by atoms with van der Waals surface area (Å²) < 4.78 is 33.4. The second-order valence-corrected chi connectivity index (χ2v) is 5.88. The summed E-state index contributed by atoms with van der Waals surface area (Å²) in [5.41, 5.74) is -0.763. The maximum absolute atomic E-state index is 14.3. The number of carboxylic acids is 1. The Labute approximate surface area is 158 Å². The van der Waals surface area contributed by atoms with Crippen molar-refractivity contribution in [3.63, 3.8) is 0 Å². The molecule has 152 valence electrons. The Morgan fingerprint density at radius 1 is 1.29 bits per heavy atom. The highest BCUT2D eigenvalue weighted by Crippen LogP contribution is 2.45. The molecule has 0 atom stereocenters. The number of amides is 3. The minimum Gasteiger partial charge on any atom is -0.481 e.